The minimum atomic E-state index is -0.409. The molecule has 0 aliphatic carbocycles. The van der Waals surface area contributed by atoms with Crippen molar-refractivity contribution >= 4 is 23.5 Å². The number of hydrogen-bond acceptors (Lipinski definition) is 3. The molecule has 0 saturated carbocycles. The average molecular weight is 286 g/mol. The monoisotopic (exact) mass is 286 g/mol. The topological polar surface area (TPSA) is 61.4 Å². The number of anilines is 1. The molecule has 1 rings (SSSR count). The van der Waals surface area contributed by atoms with Crippen LogP contribution in [0.5, 0.6) is 0 Å². The van der Waals surface area contributed by atoms with Gasteiger partial charge in [-0.1, -0.05) is 6.07 Å². The van der Waals surface area contributed by atoms with Crippen LogP contribution < -0.4 is 10.6 Å². The third kappa shape index (κ3) is 4.40. The maximum Gasteiger partial charge on any atom is 0.319 e. The standard InChI is InChI=1S/C13H19FN2O2S/c1-8-10(14)5-4-6-11(8)16-13(18)15-9(2)12(7-17)19-3/h4-6,9,12,17H,7H2,1-3H3,(H2,15,16,18). The van der Waals surface area contributed by atoms with E-state index in [-0.39, 0.29) is 23.7 Å². The Morgan fingerprint density at radius 2 is 2.21 bits per heavy atom. The second-order valence-corrected chi connectivity index (χ2v) is 5.33. The first-order valence-electron chi connectivity index (χ1n) is 5.95. The lowest BCUT2D eigenvalue weighted by molar-refractivity contribution is 0.243. The van der Waals surface area contributed by atoms with Gasteiger partial charge in [0.1, 0.15) is 5.82 Å². The average Bonchev–Trinajstić information content (AvgIpc) is 2.36. The van der Waals surface area contributed by atoms with Crippen LogP contribution in [0.25, 0.3) is 0 Å². The predicted octanol–water partition coefficient (Wildman–Crippen LogP) is 2.37. The Morgan fingerprint density at radius 1 is 1.53 bits per heavy atom. The highest BCUT2D eigenvalue weighted by Crippen LogP contribution is 2.17. The molecule has 6 heteroatoms. The molecule has 0 radical (unpaired) electrons. The van der Waals surface area contributed by atoms with Gasteiger partial charge in [-0.05, 0) is 32.2 Å². The zero-order valence-corrected chi connectivity index (χ0v) is 12.1. The Hall–Kier alpha value is -1.27. The lowest BCUT2D eigenvalue weighted by Gasteiger charge is -2.21. The Labute approximate surface area is 116 Å². The molecule has 0 aliphatic heterocycles. The van der Waals surface area contributed by atoms with Gasteiger partial charge in [0.25, 0.3) is 0 Å². The predicted molar refractivity (Wildman–Crippen MR) is 77.1 cm³/mol. The van der Waals surface area contributed by atoms with Crippen molar-refractivity contribution in [1.82, 2.24) is 5.32 Å². The number of benzene rings is 1. The second kappa shape index (κ2) is 7.35. The van der Waals surface area contributed by atoms with E-state index in [4.69, 9.17) is 5.11 Å². The number of carbonyl (C=O) groups is 1. The number of thioether (sulfide) groups is 1. The minimum absolute atomic E-state index is 0.0123. The quantitative estimate of drug-likeness (QED) is 0.779. The van der Waals surface area contributed by atoms with Crippen LogP contribution in [0.15, 0.2) is 18.2 Å². The van der Waals surface area contributed by atoms with Crippen LogP contribution in [0.1, 0.15) is 12.5 Å². The lowest BCUT2D eigenvalue weighted by Crippen LogP contribution is -2.43. The number of amides is 2. The minimum Gasteiger partial charge on any atom is -0.395 e. The number of hydrogen-bond donors (Lipinski definition) is 3. The van der Waals surface area contributed by atoms with E-state index in [1.807, 2.05) is 13.2 Å². The highest BCUT2D eigenvalue weighted by atomic mass is 32.2. The number of urea groups is 1. The summed E-state index contributed by atoms with van der Waals surface area (Å²) in [5.41, 5.74) is 0.836. The summed E-state index contributed by atoms with van der Waals surface area (Å²) in [5, 5.41) is 14.4. The SMILES string of the molecule is CSC(CO)C(C)NC(=O)Nc1cccc(F)c1C. The Morgan fingerprint density at radius 3 is 2.79 bits per heavy atom. The molecule has 19 heavy (non-hydrogen) atoms. The molecule has 0 fully saturated rings. The second-order valence-electron chi connectivity index (χ2n) is 4.26. The van der Waals surface area contributed by atoms with Crippen molar-refractivity contribution in [2.75, 3.05) is 18.2 Å². The molecule has 0 aromatic heterocycles. The number of halogens is 1. The molecule has 0 aliphatic rings. The molecule has 4 nitrogen and oxygen atoms in total. The van der Waals surface area contributed by atoms with E-state index in [9.17, 15) is 9.18 Å². The van der Waals surface area contributed by atoms with Crippen molar-refractivity contribution in [1.29, 1.82) is 0 Å². The number of aliphatic hydroxyl groups excluding tert-OH is 1. The van der Waals surface area contributed by atoms with Crippen molar-refractivity contribution in [2.24, 2.45) is 0 Å². The van der Waals surface area contributed by atoms with E-state index in [2.05, 4.69) is 10.6 Å². The van der Waals surface area contributed by atoms with Crippen molar-refractivity contribution in [3.63, 3.8) is 0 Å². The van der Waals surface area contributed by atoms with Gasteiger partial charge < -0.3 is 15.7 Å². The van der Waals surface area contributed by atoms with Crippen molar-refractivity contribution in [3.05, 3.63) is 29.6 Å². The van der Waals surface area contributed by atoms with Crippen LogP contribution in [-0.4, -0.2) is 35.3 Å². The maximum atomic E-state index is 13.3. The lowest BCUT2D eigenvalue weighted by atomic mass is 10.2. The van der Waals surface area contributed by atoms with Gasteiger partial charge in [-0.3, -0.25) is 0 Å². The van der Waals surface area contributed by atoms with Gasteiger partial charge in [0, 0.05) is 22.5 Å². The molecule has 0 spiro atoms. The zero-order valence-electron chi connectivity index (χ0n) is 11.2. The molecule has 1 aromatic carbocycles. The normalized spacial score (nSPS) is 13.7. The molecule has 3 N–H and O–H groups in total. The van der Waals surface area contributed by atoms with Crippen LogP contribution in [0.3, 0.4) is 0 Å². The summed E-state index contributed by atoms with van der Waals surface area (Å²) in [5.74, 6) is -0.358. The van der Waals surface area contributed by atoms with E-state index >= 15 is 0 Å². The molecule has 0 bridgehead atoms. The maximum absolute atomic E-state index is 13.3. The Bertz CT molecular complexity index is 439. The van der Waals surface area contributed by atoms with Gasteiger partial charge in [-0.15, -0.1) is 0 Å². The molecule has 1 aromatic rings. The largest absolute Gasteiger partial charge is 0.395 e. The number of aliphatic hydroxyl groups is 1. The molecule has 106 valence electrons. The van der Waals surface area contributed by atoms with E-state index in [0.29, 0.717) is 11.3 Å². The van der Waals surface area contributed by atoms with Crippen LogP contribution >= 0.6 is 11.8 Å². The molecule has 0 heterocycles. The highest BCUT2D eigenvalue weighted by Gasteiger charge is 2.17. The Balaban J connectivity index is 2.63. The first kappa shape index (κ1) is 15.8. The summed E-state index contributed by atoms with van der Waals surface area (Å²) in [6.45, 7) is 3.41. The molecular formula is C13H19FN2O2S. The third-order valence-electron chi connectivity index (χ3n) is 2.92. The Kier molecular flexibility index (Phi) is 6.11. The highest BCUT2D eigenvalue weighted by molar-refractivity contribution is 7.99. The number of rotatable bonds is 5. The first-order chi connectivity index (χ1) is 8.99. The fourth-order valence-corrected chi connectivity index (χ4v) is 2.26. The molecule has 0 saturated heterocycles. The summed E-state index contributed by atoms with van der Waals surface area (Å²) in [7, 11) is 0. The van der Waals surface area contributed by atoms with Gasteiger partial charge in [0.2, 0.25) is 0 Å². The van der Waals surface area contributed by atoms with Crippen molar-refractivity contribution in [3.8, 4) is 0 Å². The van der Waals surface area contributed by atoms with Gasteiger partial charge in [0.15, 0.2) is 0 Å². The fraction of sp³-hybridized carbons (Fsp3) is 0.462. The molecule has 2 unspecified atom stereocenters. The van der Waals surface area contributed by atoms with Crippen LogP contribution in [-0.2, 0) is 0 Å². The van der Waals surface area contributed by atoms with Gasteiger partial charge in [-0.2, -0.15) is 11.8 Å². The van der Waals surface area contributed by atoms with Crippen LogP contribution in [0.2, 0.25) is 0 Å². The van der Waals surface area contributed by atoms with E-state index in [1.54, 1.807) is 19.1 Å². The first-order valence-corrected chi connectivity index (χ1v) is 7.24. The summed E-state index contributed by atoms with van der Waals surface area (Å²) >= 11 is 1.48. The van der Waals surface area contributed by atoms with Crippen molar-refractivity contribution < 1.29 is 14.3 Å². The van der Waals surface area contributed by atoms with E-state index < -0.39 is 6.03 Å². The fourth-order valence-electron chi connectivity index (χ4n) is 1.64. The smallest absolute Gasteiger partial charge is 0.319 e. The summed E-state index contributed by atoms with van der Waals surface area (Å²) < 4.78 is 13.3. The summed E-state index contributed by atoms with van der Waals surface area (Å²) in [6.07, 6.45) is 1.87. The van der Waals surface area contributed by atoms with E-state index in [1.165, 1.54) is 17.8 Å². The molecular weight excluding hydrogens is 267 g/mol. The molecule has 2 amide bonds. The molecule has 2 atom stereocenters. The zero-order chi connectivity index (χ0) is 14.4. The van der Waals surface area contributed by atoms with Crippen molar-refractivity contribution in [2.45, 2.75) is 25.1 Å². The third-order valence-corrected chi connectivity index (χ3v) is 4.08. The van der Waals surface area contributed by atoms with Gasteiger partial charge >= 0.3 is 6.03 Å². The van der Waals surface area contributed by atoms with Gasteiger partial charge in [-0.25, -0.2) is 9.18 Å². The number of carbonyl (C=O) groups excluding carboxylic acids is 1. The summed E-state index contributed by atoms with van der Waals surface area (Å²) in [4.78, 5) is 11.8. The van der Waals surface area contributed by atoms with Gasteiger partial charge in [0.05, 0.1) is 6.61 Å². The number of nitrogens with one attached hydrogen (secondary N) is 2. The summed E-state index contributed by atoms with van der Waals surface area (Å²) in [6, 6.07) is 3.93. The van der Waals surface area contributed by atoms with E-state index in [0.717, 1.165) is 0 Å². The van der Waals surface area contributed by atoms with Crippen LogP contribution in [0, 0.1) is 12.7 Å². The van der Waals surface area contributed by atoms with Crippen LogP contribution in [0.4, 0.5) is 14.9 Å².